The Morgan fingerprint density at radius 2 is 0.587 bits per heavy atom. The smallest absolute Gasteiger partial charge is 0.0618 e. The summed E-state index contributed by atoms with van der Waals surface area (Å²) in [6, 6.07) is 106. The van der Waals surface area contributed by atoms with Gasteiger partial charge in [0.25, 0.3) is 0 Å². The van der Waals surface area contributed by atoms with Crippen molar-refractivity contribution in [2.24, 2.45) is 0 Å². The van der Waals surface area contributed by atoms with E-state index in [0.29, 0.717) is 11.8 Å². The van der Waals surface area contributed by atoms with Crippen LogP contribution < -0.4 is 9.80 Å². The second kappa shape index (κ2) is 24.6. The van der Waals surface area contributed by atoms with Crippen molar-refractivity contribution in [2.75, 3.05) is 9.80 Å². The van der Waals surface area contributed by atoms with Crippen LogP contribution in [-0.4, -0.2) is 0 Å². The lowest BCUT2D eigenvalue weighted by Gasteiger charge is -2.32. The molecule has 0 saturated heterocycles. The van der Waals surface area contributed by atoms with E-state index in [1.807, 2.05) is 0 Å². The van der Waals surface area contributed by atoms with Gasteiger partial charge in [0.15, 0.2) is 0 Å². The van der Waals surface area contributed by atoms with Gasteiger partial charge in [0.1, 0.15) is 0 Å². The summed E-state index contributed by atoms with van der Waals surface area (Å²) in [6.45, 7) is 19.3. The second-order valence-corrected chi connectivity index (χ2v) is 33.2. The number of benzene rings is 14. The van der Waals surface area contributed by atoms with Crippen molar-refractivity contribution in [1.82, 2.24) is 0 Å². The van der Waals surface area contributed by atoms with Gasteiger partial charge in [0, 0.05) is 60.7 Å². The minimum Gasteiger partial charge on any atom is -0.310 e. The van der Waals surface area contributed by atoms with E-state index in [0.717, 1.165) is 0 Å². The van der Waals surface area contributed by atoms with Crippen molar-refractivity contribution in [1.29, 1.82) is 0 Å². The van der Waals surface area contributed by atoms with Gasteiger partial charge < -0.3 is 9.80 Å². The Morgan fingerprint density at radius 3 is 1.07 bits per heavy atom. The topological polar surface area (TPSA) is 6.48 Å². The molecule has 2 saturated carbocycles. The Labute approximate surface area is 615 Å². The first kappa shape index (κ1) is 64.3. The van der Waals surface area contributed by atoms with Crippen LogP contribution in [0.25, 0.3) is 88.0 Å². The molecule has 6 aliphatic rings. The normalized spacial score (nSPS) is 16.7. The van der Waals surface area contributed by atoms with E-state index in [2.05, 4.69) is 344 Å². The molecule has 0 atom stereocenters. The maximum Gasteiger partial charge on any atom is 0.0618 e. The minimum absolute atomic E-state index is 0.0866. The zero-order chi connectivity index (χ0) is 70.4. The van der Waals surface area contributed by atoms with Gasteiger partial charge in [-0.25, -0.2) is 0 Å². The first-order chi connectivity index (χ1) is 50.6. The quantitative estimate of drug-likeness (QED) is 0.133. The number of rotatable bonds is 9. The van der Waals surface area contributed by atoms with E-state index in [-0.39, 0.29) is 21.7 Å². The molecule has 0 aromatic heterocycles. The maximum atomic E-state index is 2.57. The zero-order valence-corrected chi connectivity index (χ0v) is 61.7. The summed E-state index contributed by atoms with van der Waals surface area (Å²) in [5, 5.41) is 7.59. The molecule has 0 heterocycles. The van der Waals surface area contributed by atoms with Crippen molar-refractivity contribution >= 4 is 66.4 Å². The van der Waals surface area contributed by atoms with Crippen LogP contribution in [0.2, 0.25) is 0 Å². The van der Waals surface area contributed by atoms with Crippen molar-refractivity contribution in [3.8, 4) is 55.6 Å². The van der Waals surface area contributed by atoms with Crippen LogP contribution >= 0.6 is 0 Å². The molecule has 0 unspecified atom stereocenters. The molecule has 14 aromatic rings. The standard InChI is InChI=1S/C52H47N.C50H45N/c1-51(2)46-22-14-13-21-42(46)44-29-25-38(32-48(44)51)53(50-40-20-12-11-19-36(40)23-27-41(50)35-17-9-6-10-18-35)39-26-30-45-43-28-24-37(34-15-7-5-8-16-34)31-47(43)52(3,4)49(45)33-39;1-49(2)44-21-13-12-19-39(44)41-26-23-35(30-46(41)49)51(48-29-34-16-8-9-17-37(34)38-18-10-11-20-43(38)48)36-24-27-42-40-25-22-33(32-14-6-5-7-15-32)28-45(40)50(3,4)47(42)31-36/h6,9-14,17-34H,5,7-8,15-16H2,1-4H3;8-13,16-32H,5-7,14-15H2,1-4H3. The molecule has 2 nitrogen and oxygen atoms in total. The molecule has 0 radical (unpaired) electrons. The lowest BCUT2D eigenvalue weighted by molar-refractivity contribution is 0.443. The number of fused-ring (bicyclic) bond motifs is 16. The summed E-state index contributed by atoms with van der Waals surface area (Å²) in [4.78, 5) is 5.11. The second-order valence-electron chi connectivity index (χ2n) is 33.2. The molecule has 0 N–H and O–H groups in total. The fourth-order valence-electron chi connectivity index (χ4n) is 20.2. The van der Waals surface area contributed by atoms with Crippen LogP contribution in [0.5, 0.6) is 0 Å². The van der Waals surface area contributed by atoms with Crippen molar-refractivity contribution in [2.45, 2.75) is 153 Å². The summed E-state index contributed by atoms with van der Waals surface area (Å²) in [5.74, 6) is 1.39. The number of anilines is 6. The first-order valence-corrected chi connectivity index (χ1v) is 38.8. The Kier molecular flexibility index (Phi) is 15.2. The highest BCUT2D eigenvalue weighted by molar-refractivity contribution is 6.15. The molecule has 0 spiro atoms. The molecule has 510 valence electrons. The van der Waals surface area contributed by atoms with Crippen LogP contribution in [-0.2, 0) is 21.7 Å². The molecule has 0 amide bonds. The van der Waals surface area contributed by atoms with Crippen molar-refractivity contribution in [3.05, 3.63) is 335 Å². The van der Waals surface area contributed by atoms with Gasteiger partial charge in [-0.05, 0) is 219 Å². The third kappa shape index (κ3) is 10.2. The lowest BCUT2D eigenvalue weighted by Crippen LogP contribution is -2.18. The monoisotopic (exact) mass is 1340 g/mol. The Hall–Kier alpha value is -10.5. The SMILES string of the molecule is CC1(C)c2ccccc2-c2ccc(N(c3ccc4c(c3)C(C)(C)c3cc(C5CCCCC5)ccc3-4)c3c(-c4ccccc4)ccc4ccccc34)cc21.CC1(C)c2ccccc2-c2ccc(N(c3ccc4c(c3)C(C)(C)c3cc(C5CCCCC5)ccc3-4)c3cc4ccccc4c4ccccc34)cc21. The maximum absolute atomic E-state index is 2.57. The first-order valence-electron chi connectivity index (χ1n) is 38.8. The highest BCUT2D eigenvalue weighted by Crippen LogP contribution is 2.58. The summed E-state index contributed by atoms with van der Waals surface area (Å²) < 4.78 is 0. The van der Waals surface area contributed by atoms with Gasteiger partial charge >= 0.3 is 0 Å². The van der Waals surface area contributed by atoms with Crippen LogP contribution in [0.4, 0.5) is 34.1 Å². The van der Waals surface area contributed by atoms with Crippen molar-refractivity contribution < 1.29 is 0 Å². The molecular weight excluding hydrogens is 1250 g/mol. The molecule has 0 bridgehead atoms. The molecule has 6 aliphatic carbocycles. The predicted molar refractivity (Wildman–Crippen MR) is 442 cm³/mol. The van der Waals surface area contributed by atoms with E-state index >= 15 is 0 Å². The van der Waals surface area contributed by atoms with Crippen LogP contribution in [0.15, 0.2) is 279 Å². The van der Waals surface area contributed by atoms with E-state index < -0.39 is 0 Å². The van der Waals surface area contributed by atoms with Crippen LogP contribution in [0.1, 0.15) is 187 Å². The van der Waals surface area contributed by atoms with Crippen LogP contribution in [0, 0.1) is 0 Å². The Morgan fingerprint density at radius 1 is 0.240 bits per heavy atom. The average Bonchev–Trinajstić information content (AvgIpc) is 1.52. The van der Waals surface area contributed by atoms with Gasteiger partial charge in [0.2, 0.25) is 0 Å². The van der Waals surface area contributed by atoms with Gasteiger partial charge in [-0.3, -0.25) is 0 Å². The fraction of sp³-hybridized carbons (Fsp3) is 0.235. The highest BCUT2D eigenvalue weighted by atomic mass is 15.2. The van der Waals surface area contributed by atoms with E-state index in [1.54, 1.807) is 5.56 Å². The van der Waals surface area contributed by atoms with E-state index in [9.17, 15) is 0 Å². The third-order valence-electron chi connectivity index (χ3n) is 25.9. The number of nitrogens with zero attached hydrogens (tertiary/aromatic N) is 2. The highest BCUT2D eigenvalue weighted by Gasteiger charge is 2.42. The number of hydrogen-bond donors (Lipinski definition) is 0. The molecule has 14 aromatic carbocycles. The summed E-state index contributed by atoms with van der Waals surface area (Å²) >= 11 is 0. The molecular formula is C102H92N2. The summed E-state index contributed by atoms with van der Waals surface area (Å²) in [7, 11) is 0. The molecule has 2 heteroatoms. The fourth-order valence-corrected chi connectivity index (χ4v) is 20.2. The van der Waals surface area contributed by atoms with Gasteiger partial charge in [-0.15, -0.1) is 0 Å². The molecule has 0 aliphatic heterocycles. The zero-order valence-electron chi connectivity index (χ0n) is 61.7. The molecule has 20 rings (SSSR count). The van der Waals surface area contributed by atoms with Gasteiger partial charge in [-0.2, -0.15) is 0 Å². The van der Waals surface area contributed by atoms with Crippen molar-refractivity contribution in [3.63, 3.8) is 0 Å². The Balaban J connectivity index is 0.000000143. The van der Waals surface area contributed by atoms with E-state index in [4.69, 9.17) is 0 Å². The van der Waals surface area contributed by atoms with E-state index in [1.165, 1.54) is 236 Å². The minimum atomic E-state index is -0.111. The van der Waals surface area contributed by atoms with Gasteiger partial charge in [0.05, 0.1) is 11.4 Å². The largest absolute Gasteiger partial charge is 0.310 e. The lowest BCUT2D eigenvalue weighted by atomic mass is 9.79. The summed E-state index contributed by atoms with van der Waals surface area (Å²) in [6.07, 6.45) is 13.5. The Bertz CT molecular complexity index is 5780. The third-order valence-corrected chi connectivity index (χ3v) is 25.9. The predicted octanol–water partition coefficient (Wildman–Crippen LogP) is 28.8. The van der Waals surface area contributed by atoms with Gasteiger partial charge in [-0.1, -0.05) is 318 Å². The molecule has 104 heavy (non-hydrogen) atoms. The summed E-state index contributed by atoms with van der Waals surface area (Å²) in [5.41, 5.74) is 34.7. The van der Waals surface area contributed by atoms with Crippen LogP contribution in [0.3, 0.4) is 0 Å². The average molecular weight is 1350 g/mol. The number of hydrogen-bond acceptors (Lipinski definition) is 2. The molecule has 2 fully saturated rings.